The highest BCUT2D eigenvalue weighted by Crippen LogP contribution is 2.20. The third-order valence-electron chi connectivity index (χ3n) is 3.92. The molecule has 1 heterocycles. The van der Waals surface area contributed by atoms with E-state index in [0.29, 0.717) is 5.92 Å². The number of nitrogens with zero attached hydrogens (tertiary/aromatic N) is 1. The molecule has 1 amide bonds. The third-order valence-corrected chi connectivity index (χ3v) is 3.92. The molecule has 3 unspecified atom stereocenters. The zero-order valence-corrected chi connectivity index (χ0v) is 13.5. The number of nitrogens with two attached hydrogens (primary N) is 1. The summed E-state index contributed by atoms with van der Waals surface area (Å²) in [6.45, 7) is 5.39. The van der Waals surface area contributed by atoms with Crippen molar-refractivity contribution in [3.63, 3.8) is 0 Å². The molecular weight excluding hydrogens is 288 g/mol. The molecule has 1 aromatic carbocycles. The lowest BCUT2D eigenvalue weighted by atomic mass is 9.92. The molecule has 0 saturated carbocycles. The van der Waals surface area contributed by atoms with Crippen LogP contribution in [0, 0.1) is 5.92 Å². The van der Waals surface area contributed by atoms with Gasteiger partial charge in [-0.1, -0.05) is 18.2 Å². The normalized spacial score (nSPS) is 21.1. The van der Waals surface area contributed by atoms with Crippen molar-refractivity contribution in [2.45, 2.75) is 38.8 Å². The molecule has 2 N–H and O–H groups in total. The second-order valence-electron chi connectivity index (χ2n) is 5.62. The summed E-state index contributed by atoms with van der Waals surface area (Å²) in [6.07, 6.45) is 1.68. The third kappa shape index (κ3) is 4.90. The highest BCUT2D eigenvalue weighted by molar-refractivity contribution is 5.85. The number of likely N-dealkylation sites (tertiary alicyclic amines) is 1. The fourth-order valence-corrected chi connectivity index (χ4v) is 2.65. The minimum absolute atomic E-state index is 0. The number of hydrogen-bond acceptors (Lipinski definition) is 3. The molecule has 1 fully saturated rings. The topological polar surface area (TPSA) is 55.6 Å². The van der Waals surface area contributed by atoms with Gasteiger partial charge in [-0.05, 0) is 44.7 Å². The van der Waals surface area contributed by atoms with Gasteiger partial charge in [0.15, 0.2) is 6.10 Å². The quantitative estimate of drug-likeness (QED) is 0.929. The van der Waals surface area contributed by atoms with Crippen molar-refractivity contribution < 1.29 is 9.53 Å². The Morgan fingerprint density at radius 1 is 1.33 bits per heavy atom. The van der Waals surface area contributed by atoms with Crippen LogP contribution in [0.25, 0.3) is 0 Å². The van der Waals surface area contributed by atoms with Gasteiger partial charge in [-0.15, -0.1) is 12.4 Å². The number of halogens is 1. The zero-order chi connectivity index (χ0) is 14.5. The molecule has 0 aromatic heterocycles. The summed E-state index contributed by atoms with van der Waals surface area (Å²) in [6, 6.07) is 9.60. The van der Waals surface area contributed by atoms with Gasteiger partial charge < -0.3 is 15.4 Å². The summed E-state index contributed by atoms with van der Waals surface area (Å²) < 4.78 is 5.70. The number of para-hydroxylation sites is 1. The lowest BCUT2D eigenvalue weighted by Gasteiger charge is -2.35. The highest BCUT2D eigenvalue weighted by atomic mass is 35.5. The van der Waals surface area contributed by atoms with Gasteiger partial charge in [0.1, 0.15) is 5.75 Å². The van der Waals surface area contributed by atoms with Crippen molar-refractivity contribution in [3.8, 4) is 5.75 Å². The molecule has 4 nitrogen and oxygen atoms in total. The minimum Gasteiger partial charge on any atom is -0.481 e. The van der Waals surface area contributed by atoms with Gasteiger partial charge in [0.2, 0.25) is 0 Å². The first-order chi connectivity index (χ1) is 9.58. The maximum Gasteiger partial charge on any atom is 0.263 e. The van der Waals surface area contributed by atoms with E-state index >= 15 is 0 Å². The monoisotopic (exact) mass is 312 g/mol. The van der Waals surface area contributed by atoms with Crippen LogP contribution in [0.2, 0.25) is 0 Å². The molecule has 5 heteroatoms. The van der Waals surface area contributed by atoms with E-state index in [4.69, 9.17) is 10.5 Å². The smallest absolute Gasteiger partial charge is 0.263 e. The van der Waals surface area contributed by atoms with E-state index in [-0.39, 0.29) is 24.4 Å². The Balaban J connectivity index is 0.00000220. The number of hydrogen-bond donors (Lipinski definition) is 1. The van der Waals surface area contributed by atoms with E-state index in [1.165, 1.54) is 0 Å². The van der Waals surface area contributed by atoms with Crippen LogP contribution in [0.15, 0.2) is 30.3 Å². The number of benzene rings is 1. The molecule has 21 heavy (non-hydrogen) atoms. The summed E-state index contributed by atoms with van der Waals surface area (Å²) in [5, 5.41) is 0. The predicted octanol–water partition coefficient (Wildman–Crippen LogP) is 2.46. The van der Waals surface area contributed by atoms with Crippen LogP contribution in [-0.4, -0.2) is 36.0 Å². The Morgan fingerprint density at radius 3 is 2.62 bits per heavy atom. The zero-order valence-electron chi connectivity index (χ0n) is 12.7. The van der Waals surface area contributed by atoms with E-state index in [0.717, 1.165) is 31.7 Å². The molecule has 0 bridgehead atoms. The van der Waals surface area contributed by atoms with Gasteiger partial charge in [-0.3, -0.25) is 4.79 Å². The Labute approximate surface area is 133 Å². The average molecular weight is 313 g/mol. The molecule has 1 aliphatic rings. The average Bonchev–Trinajstić information content (AvgIpc) is 2.47. The van der Waals surface area contributed by atoms with Crippen molar-refractivity contribution in [1.29, 1.82) is 0 Å². The first-order valence-corrected chi connectivity index (χ1v) is 7.34. The number of piperidine rings is 1. The van der Waals surface area contributed by atoms with E-state index in [2.05, 4.69) is 0 Å². The molecule has 0 spiro atoms. The van der Waals surface area contributed by atoms with Gasteiger partial charge >= 0.3 is 0 Å². The van der Waals surface area contributed by atoms with Crippen molar-refractivity contribution in [3.05, 3.63) is 30.3 Å². The Morgan fingerprint density at radius 2 is 2.00 bits per heavy atom. The summed E-state index contributed by atoms with van der Waals surface area (Å²) in [7, 11) is 0. The largest absolute Gasteiger partial charge is 0.481 e. The molecule has 0 aliphatic carbocycles. The predicted molar refractivity (Wildman–Crippen MR) is 86.7 cm³/mol. The van der Waals surface area contributed by atoms with Gasteiger partial charge in [-0.25, -0.2) is 0 Å². The fourth-order valence-electron chi connectivity index (χ4n) is 2.65. The molecule has 1 aliphatic heterocycles. The fraction of sp³-hybridized carbons (Fsp3) is 0.562. The summed E-state index contributed by atoms with van der Waals surface area (Å²) in [5.41, 5.74) is 5.96. The van der Waals surface area contributed by atoms with Gasteiger partial charge in [0.05, 0.1) is 0 Å². The standard InChI is InChI=1S/C16H24N2O2.ClH/c1-12(17)14-7-6-10-18(11-14)16(19)13(2)20-15-8-4-3-5-9-15;/h3-5,8-9,12-14H,6-7,10-11,17H2,1-2H3;1H. The number of rotatable bonds is 4. The Kier molecular flexibility index (Phi) is 6.99. The lowest BCUT2D eigenvalue weighted by molar-refractivity contribution is -0.139. The first kappa shape index (κ1) is 17.8. The molecule has 1 aromatic rings. The first-order valence-electron chi connectivity index (χ1n) is 7.34. The van der Waals surface area contributed by atoms with Crippen molar-refractivity contribution in [2.75, 3.05) is 13.1 Å². The van der Waals surface area contributed by atoms with E-state index in [1.807, 2.05) is 49.1 Å². The van der Waals surface area contributed by atoms with Crippen molar-refractivity contribution in [1.82, 2.24) is 4.90 Å². The Hall–Kier alpha value is -1.26. The van der Waals surface area contributed by atoms with E-state index in [1.54, 1.807) is 0 Å². The van der Waals surface area contributed by atoms with Crippen LogP contribution in [0.4, 0.5) is 0 Å². The summed E-state index contributed by atoms with van der Waals surface area (Å²) in [4.78, 5) is 14.3. The molecule has 1 saturated heterocycles. The van der Waals surface area contributed by atoms with Crippen LogP contribution < -0.4 is 10.5 Å². The van der Waals surface area contributed by atoms with Crippen molar-refractivity contribution >= 4 is 18.3 Å². The van der Waals surface area contributed by atoms with Crippen LogP contribution in [-0.2, 0) is 4.79 Å². The van der Waals surface area contributed by atoms with Crippen LogP contribution in [0.1, 0.15) is 26.7 Å². The summed E-state index contributed by atoms with van der Waals surface area (Å²) >= 11 is 0. The van der Waals surface area contributed by atoms with Gasteiger partial charge in [0.25, 0.3) is 5.91 Å². The van der Waals surface area contributed by atoms with Crippen LogP contribution in [0.3, 0.4) is 0 Å². The number of ether oxygens (including phenoxy) is 1. The molecule has 3 atom stereocenters. The molecule has 0 radical (unpaired) electrons. The minimum atomic E-state index is -0.454. The number of carbonyl (C=O) groups excluding carboxylic acids is 1. The molecule has 2 rings (SSSR count). The van der Waals surface area contributed by atoms with Crippen LogP contribution >= 0.6 is 12.4 Å². The van der Waals surface area contributed by atoms with Gasteiger partial charge in [0, 0.05) is 19.1 Å². The summed E-state index contributed by atoms with van der Waals surface area (Å²) in [5.74, 6) is 1.19. The lowest BCUT2D eigenvalue weighted by Crippen LogP contribution is -2.48. The second kappa shape index (κ2) is 8.25. The molecular formula is C16H25ClN2O2. The maximum atomic E-state index is 12.4. The SMILES string of the molecule is CC(Oc1ccccc1)C(=O)N1CCCC(C(C)N)C1.Cl. The van der Waals surface area contributed by atoms with E-state index in [9.17, 15) is 4.79 Å². The van der Waals surface area contributed by atoms with E-state index < -0.39 is 6.10 Å². The van der Waals surface area contributed by atoms with Crippen LogP contribution in [0.5, 0.6) is 5.75 Å². The maximum absolute atomic E-state index is 12.4. The van der Waals surface area contributed by atoms with Crippen molar-refractivity contribution in [2.24, 2.45) is 11.7 Å². The van der Waals surface area contributed by atoms with Gasteiger partial charge in [-0.2, -0.15) is 0 Å². The highest BCUT2D eigenvalue weighted by Gasteiger charge is 2.29. The second-order valence-corrected chi connectivity index (χ2v) is 5.62. The molecule has 118 valence electrons. The number of carbonyl (C=O) groups is 1. The number of amides is 1. The Bertz CT molecular complexity index is 439.